The summed E-state index contributed by atoms with van der Waals surface area (Å²) in [6.07, 6.45) is -2.27. The molecule has 1 aliphatic rings. The van der Waals surface area contributed by atoms with Crippen LogP contribution in [0.15, 0.2) is 30.5 Å². The van der Waals surface area contributed by atoms with Gasteiger partial charge in [0, 0.05) is 19.1 Å². The van der Waals surface area contributed by atoms with Crippen LogP contribution >= 0.6 is 0 Å². The third-order valence-corrected chi connectivity index (χ3v) is 4.29. The van der Waals surface area contributed by atoms with Crippen molar-refractivity contribution in [2.45, 2.75) is 32.0 Å². The quantitative estimate of drug-likeness (QED) is 0.904. The SMILES string of the molecule is Cc1ccc(-n2ncc(C(=O)N3CCCC(N)C3)c2C(F)(F)F)cc1. The molecule has 1 aliphatic heterocycles. The highest BCUT2D eigenvalue weighted by Gasteiger charge is 2.41. The first-order valence-electron chi connectivity index (χ1n) is 8.04. The minimum absolute atomic E-state index is 0.209. The van der Waals surface area contributed by atoms with Gasteiger partial charge >= 0.3 is 6.18 Å². The second-order valence-corrected chi connectivity index (χ2v) is 6.31. The molecule has 1 aromatic carbocycles. The van der Waals surface area contributed by atoms with Gasteiger partial charge in [0.15, 0.2) is 5.69 Å². The first kappa shape index (κ1) is 17.5. The van der Waals surface area contributed by atoms with E-state index in [1.54, 1.807) is 24.3 Å². The largest absolute Gasteiger partial charge is 0.434 e. The van der Waals surface area contributed by atoms with Gasteiger partial charge in [-0.1, -0.05) is 17.7 Å². The van der Waals surface area contributed by atoms with Crippen LogP contribution in [-0.4, -0.2) is 39.7 Å². The van der Waals surface area contributed by atoms with Gasteiger partial charge in [-0.15, -0.1) is 0 Å². The van der Waals surface area contributed by atoms with Crippen molar-refractivity contribution in [1.82, 2.24) is 14.7 Å². The van der Waals surface area contributed by atoms with E-state index in [1.807, 2.05) is 6.92 Å². The van der Waals surface area contributed by atoms with E-state index in [0.29, 0.717) is 13.0 Å². The third kappa shape index (κ3) is 3.53. The van der Waals surface area contributed by atoms with Crippen molar-refractivity contribution in [2.24, 2.45) is 5.73 Å². The molecule has 1 saturated heterocycles. The molecule has 2 aromatic rings. The maximum absolute atomic E-state index is 13.7. The molecule has 1 unspecified atom stereocenters. The van der Waals surface area contributed by atoms with E-state index in [2.05, 4.69) is 5.10 Å². The molecule has 1 amide bonds. The van der Waals surface area contributed by atoms with Gasteiger partial charge in [-0.05, 0) is 31.9 Å². The number of halogens is 3. The zero-order chi connectivity index (χ0) is 18.2. The smallest absolute Gasteiger partial charge is 0.337 e. The topological polar surface area (TPSA) is 64.2 Å². The number of amides is 1. The first-order valence-corrected chi connectivity index (χ1v) is 8.04. The Labute approximate surface area is 143 Å². The van der Waals surface area contributed by atoms with E-state index in [4.69, 9.17) is 5.73 Å². The van der Waals surface area contributed by atoms with Crippen LogP contribution in [0, 0.1) is 6.92 Å². The van der Waals surface area contributed by atoms with Crippen molar-refractivity contribution < 1.29 is 18.0 Å². The zero-order valence-electron chi connectivity index (χ0n) is 13.8. The van der Waals surface area contributed by atoms with Crippen molar-refractivity contribution in [3.63, 3.8) is 0 Å². The Bertz CT molecular complexity index is 767. The van der Waals surface area contributed by atoms with Crippen LogP contribution in [0.5, 0.6) is 0 Å². The van der Waals surface area contributed by atoms with Crippen molar-refractivity contribution in [3.8, 4) is 5.69 Å². The Hall–Kier alpha value is -2.35. The number of carbonyl (C=O) groups excluding carboxylic acids is 1. The molecule has 0 aliphatic carbocycles. The molecule has 5 nitrogen and oxygen atoms in total. The number of hydrogen-bond acceptors (Lipinski definition) is 3. The Morgan fingerprint density at radius 1 is 1.28 bits per heavy atom. The lowest BCUT2D eigenvalue weighted by atomic mass is 10.1. The van der Waals surface area contributed by atoms with E-state index >= 15 is 0 Å². The summed E-state index contributed by atoms with van der Waals surface area (Å²) in [5, 5.41) is 3.84. The molecule has 25 heavy (non-hydrogen) atoms. The summed E-state index contributed by atoms with van der Waals surface area (Å²) in [6, 6.07) is 6.27. The van der Waals surface area contributed by atoms with Crippen molar-refractivity contribution in [2.75, 3.05) is 13.1 Å². The number of piperidine rings is 1. The molecule has 134 valence electrons. The van der Waals surface area contributed by atoms with Crippen LogP contribution in [-0.2, 0) is 6.18 Å². The van der Waals surface area contributed by atoms with Gasteiger partial charge in [-0.2, -0.15) is 18.3 Å². The number of alkyl halides is 3. The lowest BCUT2D eigenvalue weighted by molar-refractivity contribution is -0.143. The summed E-state index contributed by atoms with van der Waals surface area (Å²) in [6.45, 7) is 2.50. The summed E-state index contributed by atoms with van der Waals surface area (Å²) >= 11 is 0. The van der Waals surface area contributed by atoms with Crippen molar-refractivity contribution in [3.05, 3.63) is 47.3 Å². The van der Waals surface area contributed by atoms with Gasteiger partial charge in [0.25, 0.3) is 5.91 Å². The number of aromatic nitrogens is 2. The summed E-state index contributed by atoms with van der Waals surface area (Å²) < 4.78 is 41.7. The highest BCUT2D eigenvalue weighted by atomic mass is 19.4. The van der Waals surface area contributed by atoms with Crippen LogP contribution in [0.25, 0.3) is 5.69 Å². The van der Waals surface area contributed by atoms with Crippen molar-refractivity contribution >= 4 is 5.91 Å². The second kappa shape index (κ2) is 6.51. The van der Waals surface area contributed by atoms with Gasteiger partial charge in [-0.25, -0.2) is 4.68 Å². The molecule has 8 heteroatoms. The van der Waals surface area contributed by atoms with E-state index in [1.165, 1.54) is 4.90 Å². The van der Waals surface area contributed by atoms with Crippen LogP contribution in [0.4, 0.5) is 13.2 Å². The van der Waals surface area contributed by atoms with Crippen LogP contribution in [0.1, 0.15) is 34.5 Å². The predicted molar refractivity (Wildman–Crippen MR) is 86.4 cm³/mol. The molecule has 2 N–H and O–H groups in total. The van der Waals surface area contributed by atoms with Gasteiger partial charge in [0.2, 0.25) is 0 Å². The highest BCUT2D eigenvalue weighted by Crippen LogP contribution is 2.34. The van der Waals surface area contributed by atoms with E-state index in [0.717, 1.165) is 22.9 Å². The predicted octanol–water partition coefficient (Wildman–Crippen LogP) is 2.76. The fraction of sp³-hybridized carbons (Fsp3) is 0.412. The maximum Gasteiger partial charge on any atom is 0.434 e. The fourth-order valence-corrected chi connectivity index (χ4v) is 3.02. The molecule has 0 bridgehead atoms. The number of aryl methyl sites for hydroxylation is 1. The number of likely N-dealkylation sites (tertiary alicyclic amines) is 1. The molecular formula is C17H19F3N4O. The highest BCUT2D eigenvalue weighted by molar-refractivity contribution is 5.95. The summed E-state index contributed by atoms with van der Waals surface area (Å²) in [4.78, 5) is 14.0. The fourth-order valence-electron chi connectivity index (χ4n) is 3.02. The standard InChI is InChI=1S/C17H19F3N4O/c1-11-4-6-13(7-5-11)24-15(17(18,19)20)14(9-22-24)16(25)23-8-2-3-12(21)10-23/h4-7,9,12H,2-3,8,10,21H2,1H3. The molecular weight excluding hydrogens is 333 g/mol. The van der Waals surface area contributed by atoms with Gasteiger partial charge in [-0.3, -0.25) is 4.79 Å². The second-order valence-electron chi connectivity index (χ2n) is 6.31. The summed E-state index contributed by atoms with van der Waals surface area (Å²) in [7, 11) is 0. The number of nitrogens with two attached hydrogens (primary N) is 1. The Balaban J connectivity index is 2.02. The van der Waals surface area contributed by atoms with E-state index in [-0.39, 0.29) is 18.3 Å². The third-order valence-electron chi connectivity index (χ3n) is 4.29. The molecule has 0 saturated carbocycles. The molecule has 1 aromatic heterocycles. The summed E-state index contributed by atoms with van der Waals surface area (Å²) in [5.41, 5.74) is 5.52. The molecule has 0 spiro atoms. The Kier molecular flexibility index (Phi) is 4.55. The minimum Gasteiger partial charge on any atom is -0.337 e. The van der Waals surface area contributed by atoms with Gasteiger partial charge < -0.3 is 10.6 Å². The van der Waals surface area contributed by atoms with Crippen LogP contribution < -0.4 is 5.73 Å². The first-order chi connectivity index (χ1) is 11.8. The monoisotopic (exact) mass is 352 g/mol. The average molecular weight is 352 g/mol. The molecule has 0 radical (unpaired) electrons. The molecule has 1 fully saturated rings. The lowest BCUT2D eigenvalue weighted by Crippen LogP contribution is -2.46. The van der Waals surface area contributed by atoms with Gasteiger partial charge in [0.05, 0.1) is 17.4 Å². The normalized spacial score (nSPS) is 18.4. The number of rotatable bonds is 2. The lowest BCUT2D eigenvalue weighted by Gasteiger charge is -2.30. The Morgan fingerprint density at radius 3 is 2.56 bits per heavy atom. The van der Waals surface area contributed by atoms with E-state index < -0.39 is 23.3 Å². The van der Waals surface area contributed by atoms with E-state index in [9.17, 15) is 18.0 Å². The van der Waals surface area contributed by atoms with Crippen molar-refractivity contribution in [1.29, 1.82) is 0 Å². The number of benzene rings is 1. The zero-order valence-corrected chi connectivity index (χ0v) is 13.8. The minimum atomic E-state index is -4.70. The number of nitrogens with zero attached hydrogens (tertiary/aromatic N) is 3. The molecule has 1 atom stereocenters. The molecule has 3 rings (SSSR count). The maximum atomic E-state index is 13.7. The average Bonchev–Trinajstić information content (AvgIpc) is 3.00. The number of carbonyl (C=O) groups is 1. The summed E-state index contributed by atoms with van der Waals surface area (Å²) in [5.74, 6) is -0.680. The Morgan fingerprint density at radius 2 is 1.96 bits per heavy atom. The number of hydrogen-bond donors (Lipinski definition) is 1. The van der Waals surface area contributed by atoms with Crippen LogP contribution in [0.2, 0.25) is 0 Å². The van der Waals surface area contributed by atoms with Gasteiger partial charge in [0.1, 0.15) is 0 Å². The van der Waals surface area contributed by atoms with Crippen LogP contribution in [0.3, 0.4) is 0 Å². The molecule has 2 heterocycles.